The molecule has 3 rings (SSSR count). The van der Waals surface area contributed by atoms with E-state index in [9.17, 15) is 8.42 Å². The second-order valence-corrected chi connectivity index (χ2v) is 8.15. The van der Waals surface area contributed by atoms with Gasteiger partial charge in [0.15, 0.2) is 0 Å². The van der Waals surface area contributed by atoms with Crippen molar-refractivity contribution in [2.24, 2.45) is 0 Å². The van der Waals surface area contributed by atoms with Gasteiger partial charge in [0.2, 0.25) is 10.0 Å². The third-order valence-corrected chi connectivity index (χ3v) is 6.17. The highest BCUT2D eigenvalue weighted by atomic mass is 32.2. The number of sulfonamides is 1. The summed E-state index contributed by atoms with van der Waals surface area (Å²) in [6.45, 7) is 4.71. The lowest BCUT2D eigenvalue weighted by molar-refractivity contribution is -0.0440. The Morgan fingerprint density at radius 1 is 1.05 bits per heavy atom. The summed E-state index contributed by atoms with van der Waals surface area (Å²) >= 11 is 0. The molecule has 4 nitrogen and oxygen atoms in total. The molecule has 0 N–H and O–H groups in total. The minimum atomic E-state index is -3.41. The summed E-state index contributed by atoms with van der Waals surface area (Å²) < 4.78 is 32.9. The molecular formula is C16H23NO3S. The first-order valence-corrected chi connectivity index (χ1v) is 9.18. The van der Waals surface area contributed by atoms with Crippen LogP contribution in [0.5, 0.6) is 0 Å². The van der Waals surface area contributed by atoms with E-state index in [1.807, 2.05) is 26.0 Å². The van der Waals surface area contributed by atoms with Crippen molar-refractivity contribution < 1.29 is 13.2 Å². The zero-order valence-corrected chi connectivity index (χ0v) is 13.5. The van der Waals surface area contributed by atoms with Gasteiger partial charge < -0.3 is 4.74 Å². The van der Waals surface area contributed by atoms with Gasteiger partial charge in [-0.15, -0.1) is 0 Å². The number of rotatable bonds is 2. The summed E-state index contributed by atoms with van der Waals surface area (Å²) in [5.74, 6) is 0. The number of morpholine rings is 1. The largest absolute Gasteiger partial charge is 0.373 e. The summed E-state index contributed by atoms with van der Waals surface area (Å²) in [5.41, 5.74) is 2.51. The number of benzene rings is 1. The summed E-state index contributed by atoms with van der Waals surface area (Å²) in [4.78, 5) is 0.435. The number of fused-ring (bicyclic) bond motifs is 1. The Kier molecular flexibility index (Phi) is 4.08. The van der Waals surface area contributed by atoms with Crippen molar-refractivity contribution in [1.82, 2.24) is 4.31 Å². The quantitative estimate of drug-likeness (QED) is 0.842. The van der Waals surface area contributed by atoms with Gasteiger partial charge in [-0.3, -0.25) is 0 Å². The molecule has 1 saturated heterocycles. The number of nitrogens with zero attached hydrogens (tertiary/aromatic N) is 1. The lowest BCUT2D eigenvalue weighted by Crippen LogP contribution is -2.48. The predicted octanol–water partition coefficient (Wildman–Crippen LogP) is 2.36. The molecule has 0 radical (unpaired) electrons. The number of ether oxygens (including phenoxy) is 1. The Morgan fingerprint density at radius 3 is 2.33 bits per heavy atom. The molecular weight excluding hydrogens is 286 g/mol. The Morgan fingerprint density at radius 2 is 1.67 bits per heavy atom. The SMILES string of the molecule is C[C@@H]1CN(S(=O)(=O)c2ccc3c(c2)CCCC3)C[C@H](C)O1. The van der Waals surface area contributed by atoms with Gasteiger partial charge >= 0.3 is 0 Å². The van der Waals surface area contributed by atoms with Gasteiger partial charge in [0.1, 0.15) is 0 Å². The van der Waals surface area contributed by atoms with E-state index in [0.29, 0.717) is 18.0 Å². The van der Waals surface area contributed by atoms with E-state index in [1.54, 1.807) is 10.4 Å². The van der Waals surface area contributed by atoms with E-state index < -0.39 is 10.0 Å². The van der Waals surface area contributed by atoms with Crippen molar-refractivity contribution in [3.8, 4) is 0 Å². The number of hydrogen-bond acceptors (Lipinski definition) is 3. The maximum Gasteiger partial charge on any atom is 0.243 e. The van der Waals surface area contributed by atoms with E-state index in [0.717, 1.165) is 19.3 Å². The fourth-order valence-corrected chi connectivity index (χ4v) is 4.99. The van der Waals surface area contributed by atoms with Crippen molar-refractivity contribution in [3.63, 3.8) is 0 Å². The van der Waals surface area contributed by atoms with E-state index in [-0.39, 0.29) is 12.2 Å². The first-order chi connectivity index (χ1) is 9.96. The van der Waals surface area contributed by atoms with Gasteiger partial charge in [0.05, 0.1) is 17.1 Å². The van der Waals surface area contributed by atoms with Crippen molar-refractivity contribution >= 4 is 10.0 Å². The van der Waals surface area contributed by atoms with Crippen LogP contribution in [0.1, 0.15) is 37.8 Å². The molecule has 0 amide bonds. The Hall–Kier alpha value is -0.910. The minimum absolute atomic E-state index is 0.0545. The summed E-state index contributed by atoms with van der Waals surface area (Å²) in [6, 6.07) is 5.65. The molecule has 0 unspecified atom stereocenters. The van der Waals surface area contributed by atoms with Crippen LogP contribution in [-0.4, -0.2) is 38.0 Å². The Labute approximate surface area is 127 Å². The first kappa shape index (κ1) is 15.0. The van der Waals surface area contributed by atoms with E-state index in [2.05, 4.69) is 0 Å². The third-order valence-electron chi connectivity index (χ3n) is 4.34. The van der Waals surface area contributed by atoms with Gasteiger partial charge in [-0.25, -0.2) is 8.42 Å². The standard InChI is InChI=1S/C16H23NO3S/c1-12-10-17(11-13(2)20-12)21(18,19)16-8-7-14-5-3-4-6-15(14)9-16/h7-9,12-13H,3-6,10-11H2,1-2H3/t12-,13+. The van der Waals surface area contributed by atoms with Crippen LogP contribution in [0.3, 0.4) is 0 Å². The van der Waals surface area contributed by atoms with Gasteiger partial charge in [-0.1, -0.05) is 6.07 Å². The molecule has 2 atom stereocenters. The van der Waals surface area contributed by atoms with Crippen LogP contribution in [0.4, 0.5) is 0 Å². The van der Waals surface area contributed by atoms with Crippen LogP contribution in [0, 0.1) is 0 Å². The van der Waals surface area contributed by atoms with Crippen molar-refractivity contribution in [2.75, 3.05) is 13.1 Å². The second-order valence-electron chi connectivity index (χ2n) is 6.22. The number of aryl methyl sites for hydroxylation is 2. The fraction of sp³-hybridized carbons (Fsp3) is 0.625. The van der Waals surface area contributed by atoms with Crippen LogP contribution in [0.15, 0.2) is 23.1 Å². The third kappa shape index (κ3) is 3.00. The van der Waals surface area contributed by atoms with E-state index in [4.69, 9.17) is 4.74 Å². The van der Waals surface area contributed by atoms with Crippen LogP contribution >= 0.6 is 0 Å². The molecule has 21 heavy (non-hydrogen) atoms. The van der Waals surface area contributed by atoms with E-state index in [1.165, 1.54) is 17.5 Å². The lowest BCUT2D eigenvalue weighted by atomic mass is 9.92. The fourth-order valence-electron chi connectivity index (χ4n) is 3.35. The highest BCUT2D eigenvalue weighted by Gasteiger charge is 2.32. The maximum absolute atomic E-state index is 12.8. The molecule has 116 valence electrons. The molecule has 0 aromatic heterocycles. The smallest absolute Gasteiger partial charge is 0.243 e. The summed E-state index contributed by atoms with van der Waals surface area (Å²) in [5, 5.41) is 0. The van der Waals surface area contributed by atoms with Crippen LogP contribution in [-0.2, 0) is 27.6 Å². The molecule has 0 bridgehead atoms. The average Bonchev–Trinajstić information content (AvgIpc) is 2.45. The molecule has 1 aliphatic heterocycles. The predicted molar refractivity (Wildman–Crippen MR) is 81.9 cm³/mol. The minimum Gasteiger partial charge on any atom is -0.373 e. The van der Waals surface area contributed by atoms with Gasteiger partial charge in [0, 0.05) is 13.1 Å². The molecule has 1 aliphatic carbocycles. The lowest BCUT2D eigenvalue weighted by Gasteiger charge is -2.34. The molecule has 1 aromatic carbocycles. The van der Waals surface area contributed by atoms with Crippen molar-refractivity contribution in [3.05, 3.63) is 29.3 Å². The molecule has 5 heteroatoms. The van der Waals surface area contributed by atoms with E-state index >= 15 is 0 Å². The Balaban J connectivity index is 1.91. The monoisotopic (exact) mass is 309 g/mol. The normalized spacial score (nSPS) is 27.3. The first-order valence-electron chi connectivity index (χ1n) is 7.74. The molecule has 0 saturated carbocycles. The summed E-state index contributed by atoms with van der Waals surface area (Å²) in [6.07, 6.45) is 4.32. The molecule has 1 heterocycles. The van der Waals surface area contributed by atoms with Gasteiger partial charge in [-0.2, -0.15) is 4.31 Å². The van der Waals surface area contributed by atoms with Gasteiger partial charge in [0.25, 0.3) is 0 Å². The molecule has 2 aliphatic rings. The zero-order valence-electron chi connectivity index (χ0n) is 12.7. The van der Waals surface area contributed by atoms with Crippen molar-refractivity contribution in [1.29, 1.82) is 0 Å². The average molecular weight is 309 g/mol. The van der Waals surface area contributed by atoms with Gasteiger partial charge in [-0.05, 0) is 62.8 Å². The van der Waals surface area contributed by atoms with Crippen LogP contribution in [0.25, 0.3) is 0 Å². The topological polar surface area (TPSA) is 46.6 Å². The molecule has 1 aromatic rings. The zero-order chi connectivity index (χ0) is 15.0. The van der Waals surface area contributed by atoms with Crippen LogP contribution in [0.2, 0.25) is 0 Å². The highest BCUT2D eigenvalue weighted by Crippen LogP contribution is 2.27. The Bertz CT molecular complexity index is 616. The van der Waals surface area contributed by atoms with Crippen LogP contribution < -0.4 is 0 Å². The highest BCUT2D eigenvalue weighted by molar-refractivity contribution is 7.89. The van der Waals surface area contributed by atoms with Crippen molar-refractivity contribution in [2.45, 2.75) is 56.6 Å². The summed E-state index contributed by atoms with van der Waals surface area (Å²) in [7, 11) is -3.41. The number of hydrogen-bond donors (Lipinski definition) is 0. The molecule has 1 fully saturated rings. The second kappa shape index (κ2) is 5.71. The maximum atomic E-state index is 12.8. The molecule has 0 spiro atoms.